The van der Waals surface area contributed by atoms with Gasteiger partial charge in [0.2, 0.25) is 0 Å². The number of hydrogen-bond acceptors (Lipinski definition) is 4. The lowest BCUT2D eigenvalue weighted by Gasteiger charge is -2.16. The third-order valence-corrected chi connectivity index (χ3v) is 4.47. The van der Waals surface area contributed by atoms with Gasteiger partial charge in [-0.25, -0.2) is 10.4 Å². The van der Waals surface area contributed by atoms with Gasteiger partial charge in [0.15, 0.2) is 0 Å². The van der Waals surface area contributed by atoms with Crippen LogP contribution in [-0.4, -0.2) is 18.4 Å². The van der Waals surface area contributed by atoms with Gasteiger partial charge in [0.05, 0.1) is 11.7 Å². The van der Waals surface area contributed by atoms with Crippen molar-refractivity contribution in [1.29, 1.82) is 0 Å². The first-order valence-corrected chi connectivity index (χ1v) is 8.19. The minimum atomic E-state index is -0.368. The molecule has 2 aliphatic heterocycles. The highest BCUT2D eigenvalue weighted by molar-refractivity contribution is 6.29. The number of hydrogen-bond donors (Lipinski definition) is 3. The smallest absolute Gasteiger partial charge is 0.267 e. The normalized spacial score (nSPS) is 24.8. The number of carbonyl (C=O) groups is 2. The lowest BCUT2D eigenvalue weighted by Crippen LogP contribution is -2.35. The van der Waals surface area contributed by atoms with Gasteiger partial charge in [0.1, 0.15) is 5.57 Å². The zero-order valence-electron chi connectivity index (χ0n) is 13.5. The molecule has 0 radical (unpaired) electrons. The molecule has 2 unspecified atom stereocenters. The summed E-state index contributed by atoms with van der Waals surface area (Å²) in [6.45, 7) is 0.648. The topological polar surface area (TPSA) is 73.5 Å². The maximum atomic E-state index is 12.7. The number of hydrazine groups is 2. The Hall–Kier alpha value is -2.96. The minimum absolute atomic E-state index is 0.00261. The fraction of sp³-hybridized carbons (Fsp3) is 0.158. The van der Waals surface area contributed by atoms with Crippen LogP contribution in [0.4, 0.5) is 5.69 Å². The van der Waals surface area contributed by atoms with Crippen molar-refractivity contribution >= 4 is 17.5 Å². The molecule has 4 rings (SSSR count). The van der Waals surface area contributed by atoms with E-state index < -0.39 is 0 Å². The Balaban J connectivity index is 1.60. The molecule has 0 saturated carbocycles. The molecule has 2 fully saturated rings. The van der Waals surface area contributed by atoms with Gasteiger partial charge < -0.3 is 0 Å². The van der Waals surface area contributed by atoms with Crippen LogP contribution in [0.1, 0.15) is 11.6 Å². The van der Waals surface area contributed by atoms with Crippen LogP contribution in [0.25, 0.3) is 0 Å². The van der Waals surface area contributed by atoms with Gasteiger partial charge in [-0.05, 0) is 17.7 Å². The van der Waals surface area contributed by atoms with E-state index in [4.69, 9.17) is 0 Å². The summed E-state index contributed by atoms with van der Waals surface area (Å²) >= 11 is 0. The second-order valence-electron chi connectivity index (χ2n) is 6.07. The Kier molecular flexibility index (Phi) is 4.05. The lowest BCUT2D eigenvalue weighted by molar-refractivity contribution is -0.117. The summed E-state index contributed by atoms with van der Waals surface area (Å²) in [7, 11) is 0. The summed E-state index contributed by atoms with van der Waals surface area (Å²) in [6.07, 6.45) is 1.77. The number of amides is 2. The van der Waals surface area contributed by atoms with Crippen LogP contribution in [-0.2, 0) is 9.59 Å². The molecule has 0 aliphatic carbocycles. The molecular weight excluding hydrogens is 316 g/mol. The average molecular weight is 334 g/mol. The minimum Gasteiger partial charge on any atom is -0.267 e. The van der Waals surface area contributed by atoms with Gasteiger partial charge in [0.25, 0.3) is 11.8 Å². The van der Waals surface area contributed by atoms with Crippen molar-refractivity contribution < 1.29 is 9.59 Å². The van der Waals surface area contributed by atoms with Gasteiger partial charge in [0, 0.05) is 12.5 Å². The predicted octanol–water partition coefficient (Wildman–Crippen LogP) is 1.46. The van der Waals surface area contributed by atoms with Crippen molar-refractivity contribution in [3.05, 3.63) is 77.9 Å². The third-order valence-electron chi connectivity index (χ3n) is 4.47. The molecule has 2 heterocycles. The highest BCUT2D eigenvalue weighted by Gasteiger charge is 2.37. The number of para-hydroxylation sites is 1. The first kappa shape index (κ1) is 15.6. The Morgan fingerprint density at radius 3 is 2.36 bits per heavy atom. The first-order chi connectivity index (χ1) is 12.2. The molecule has 6 heteroatoms. The van der Waals surface area contributed by atoms with E-state index in [0.29, 0.717) is 12.2 Å². The van der Waals surface area contributed by atoms with E-state index in [2.05, 4.69) is 16.3 Å². The summed E-state index contributed by atoms with van der Waals surface area (Å²) in [4.78, 5) is 25.0. The number of benzene rings is 2. The predicted molar refractivity (Wildman–Crippen MR) is 94.0 cm³/mol. The Bertz CT molecular complexity index is 820. The van der Waals surface area contributed by atoms with Crippen molar-refractivity contribution in [2.24, 2.45) is 5.92 Å². The van der Waals surface area contributed by atoms with E-state index in [-0.39, 0.29) is 29.3 Å². The van der Waals surface area contributed by atoms with E-state index in [1.165, 1.54) is 5.01 Å². The SMILES string of the molecule is O=C1NN(c2ccccc2)C(=O)/C1=C/C1CNNC1c1ccccc1. The van der Waals surface area contributed by atoms with Gasteiger partial charge in [-0.15, -0.1) is 0 Å². The van der Waals surface area contributed by atoms with Gasteiger partial charge in [-0.2, -0.15) is 0 Å². The third kappa shape index (κ3) is 2.93. The van der Waals surface area contributed by atoms with Gasteiger partial charge in [-0.3, -0.25) is 20.4 Å². The van der Waals surface area contributed by atoms with Crippen LogP contribution in [0, 0.1) is 5.92 Å². The second-order valence-corrected chi connectivity index (χ2v) is 6.07. The van der Waals surface area contributed by atoms with E-state index in [0.717, 1.165) is 5.56 Å². The molecule has 2 saturated heterocycles. The highest BCUT2D eigenvalue weighted by Crippen LogP contribution is 2.28. The number of carbonyl (C=O) groups excluding carboxylic acids is 2. The average Bonchev–Trinajstić information content (AvgIpc) is 3.23. The summed E-state index contributed by atoms with van der Waals surface area (Å²) in [5.41, 5.74) is 10.9. The fourth-order valence-electron chi connectivity index (χ4n) is 3.21. The summed E-state index contributed by atoms with van der Waals surface area (Å²) in [5.74, 6) is -0.690. The summed E-state index contributed by atoms with van der Waals surface area (Å²) < 4.78 is 0. The second kappa shape index (κ2) is 6.51. The Morgan fingerprint density at radius 1 is 0.960 bits per heavy atom. The molecule has 2 aromatic rings. The summed E-state index contributed by atoms with van der Waals surface area (Å²) in [5, 5.41) is 1.29. The van der Waals surface area contributed by atoms with E-state index >= 15 is 0 Å². The van der Waals surface area contributed by atoms with E-state index in [1.54, 1.807) is 18.2 Å². The first-order valence-electron chi connectivity index (χ1n) is 8.19. The van der Waals surface area contributed by atoms with Crippen LogP contribution in [0.3, 0.4) is 0 Å². The largest absolute Gasteiger partial charge is 0.282 e. The van der Waals surface area contributed by atoms with Gasteiger partial charge in [-0.1, -0.05) is 54.6 Å². The lowest BCUT2D eigenvalue weighted by atomic mass is 9.93. The number of nitrogens with one attached hydrogen (secondary N) is 3. The molecule has 0 aromatic heterocycles. The monoisotopic (exact) mass is 334 g/mol. The molecule has 2 amide bonds. The van der Waals surface area contributed by atoms with E-state index in [9.17, 15) is 9.59 Å². The van der Waals surface area contributed by atoms with Crippen LogP contribution in [0.5, 0.6) is 0 Å². The highest BCUT2D eigenvalue weighted by atomic mass is 16.2. The Labute approximate surface area is 145 Å². The number of anilines is 1. The quantitative estimate of drug-likeness (QED) is 0.587. The molecule has 0 spiro atoms. The number of nitrogens with zero attached hydrogens (tertiary/aromatic N) is 1. The van der Waals surface area contributed by atoms with Crippen LogP contribution >= 0.6 is 0 Å². The zero-order chi connectivity index (χ0) is 17.2. The Morgan fingerprint density at radius 2 is 1.64 bits per heavy atom. The van der Waals surface area contributed by atoms with E-state index in [1.807, 2.05) is 48.5 Å². The standard InChI is InChI=1S/C19H18N4O2/c24-18-16(19(25)23(22-18)15-9-5-2-6-10-15)11-14-12-20-21-17(14)13-7-3-1-4-8-13/h1-11,14,17,20-21H,12H2,(H,22,24)/b16-11+. The molecule has 6 nitrogen and oxygen atoms in total. The molecular formula is C19H18N4O2. The number of rotatable bonds is 3. The molecule has 2 aromatic carbocycles. The van der Waals surface area contributed by atoms with Crippen molar-refractivity contribution in [2.45, 2.75) is 6.04 Å². The zero-order valence-corrected chi connectivity index (χ0v) is 13.5. The van der Waals surface area contributed by atoms with Crippen molar-refractivity contribution in [2.75, 3.05) is 11.6 Å². The maximum Gasteiger partial charge on any atom is 0.282 e. The molecule has 2 aliphatic rings. The molecule has 2 atom stereocenters. The van der Waals surface area contributed by atoms with Crippen molar-refractivity contribution in [3.63, 3.8) is 0 Å². The van der Waals surface area contributed by atoms with Crippen molar-refractivity contribution in [3.8, 4) is 0 Å². The van der Waals surface area contributed by atoms with Crippen LogP contribution in [0.2, 0.25) is 0 Å². The van der Waals surface area contributed by atoms with Crippen molar-refractivity contribution in [1.82, 2.24) is 16.3 Å². The van der Waals surface area contributed by atoms with Crippen LogP contribution < -0.4 is 21.3 Å². The summed E-state index contributed by atoms with van der Waals surface area (Å²) in [6, 6.07) is 19.1. The van der Waals surface area contributed by atoms with Gasteiger partial charge >= 0.3 is 0 Å². The molecule has 126 valence electrons. The fourth-order valence-corrected chi connectivity index (χ4v) is 3.21. The molecule has 3 N–H and O–H groups in total. The molecule has 25 heavy (non-hydrogen) atoms. The maximum absolute atomic E-state index is 12.7. The molecule has 0 bridgehead atoms. The van der Waals surface area contributed by atoms with Crippen LogP contribution in [0.15, 0.2) is 72.3 Å².